The van der Waals surface area contributed by atoms with Crippen LogP contribution < -0.4 is 0 Å². The van der Waals surface area contributed by atoms with Gasteiger partial charge >= 0.3 is 5.97 Å². The number of hydrogen-bond donors (Lipinski definition) is 1. The van der Waals surface area contributed by atoms with Gasteiger partial charge < -0.3 is 9.67 Å². The lowest BCUT2D eigenvalue weighted by Gasteiger charge is -2.12. The fourth-order valence-corrected chi connectivity index (χ4v) is 3.69. The molecule has 0 amide bonds. The largest absolute Gasteiger partial charge is 0.477 e. The number of benzene rings is 1. The SMILES string of the molecule is O=C(O)c1c(Cn2cccn2)nc(-c2cncc(Cl)c2)n1Cc1cc(Cl)ccc1Cl. The summed E-state index contributed by atoms with van der Waals surface area (Å²) in [6, 6.07) is 8.47. The van der Waals surface area contributed by atoms with E-state index in [-0.39, 0.29) is 18.8 Å². The molecule has 3 heterocycles. The van der Waals surface area contributed by atoms with Crippen LogP contribution in [0.25, 0.3) is 11.4 Å². The Morgan fingerprint density at radius 1 is 1.07 bits per heavy atom. The Labute approximate surface area is 186 Å². The molecule has 0 saturated carbocycles. The molecule has 0 fully saturated rings. The fourth-order valence-electron chi connectivity index (χ4n) is 3.14. The maximum absolute atomic E-state index is 12.2. The summed E-state index contributed by atoms with van der Waals surface area (Å²) in [4.78, 5) is 20.9. The lowest BCUT2D eigenvalue weighted by Crippen LogP contribution is -2.14. The molecule has 1 N–H and O–H groups in total. The first-order valence-electron chi connectivity index (χ1n) is 8.77. The van der Waals surface area contributed by atoms with Crippen molar-refractivity contribution in [2.45, 2.75) is 13.1 Å². The number of carboxylic acids is 1. The molecule has 0 aliphatic heterocycles. The van der Waals surface area contributed by atoms with Crippen LogP contribution in [0.15, 0.2) is 55.1 Å². The molecule has 10 heteroatoms. The van der Waals surface area contributed by atoms with E-state index in [0.29, 0.717) is 37.7 Å². The summed E-state index contributed by atoms with van der Waals surface area (Å²) in [5.41, 5.74) is 1.61. The maximum atomic E-state index is 12.2. The highest BCUT2D eigenvalue weighted by Crippen LogP contribution is 2.28. The van der Waals surface area contributed by atoms with Crippen molar-refractivity contribution in [1.29, 1.82) is 0 Å². The van der Waals surface area contributed by atoms with Gasteiger partial charge in [-0.3, -0.25) is 9.67 Å². The standard InChI is InChI=1S/C20H14Cl3N5O2/c21-14-2-3-16(23)13(7-14)10-28-18(20(29)30)17(11-27-5-1-4-25-27)26-19(28)12-6-15(22)9-24-8-12/h1-9H,10-11H2,(H,29,30). The monoisotopic (exact) mass is 461 g/mol. The number of imidazole rings is 1. The van der Waals surface area contributed by atoms with E-state index in [2.05, 4.69) is 15.1 Å². The molecule has 0 aliphatic rings. The van der Waals surface area contributed by atoms with Gasteiger partial charge in [0.15, 0.2) is 5.69 Å². The van der Waals surface area contributed by atoms with Gasteiger partial charge in [-0.1, -0.05) is 34.8 Å². The van der Waals surface area contributed by atoms with Crippen LogP contribution >= 0.6 is 34.8 Å². The third-order valence-corrected chi connectivity index (χ3v) is 5.22. The third kappa shape index (κ3) is 4.18. The predicted octanol–water partition coefficient (Wildman–Crippen LogP) is 4.90. The van der Waals surface area contributed by atoms with Gasteiger partial charge in [0.1, 0.15) is 5.82 Å². The summed E-state index contributed by atoms with van der Waals surface area (Å²) in [6.07, 6.45) is 6.42. The molecule has 0 bridgehead atoms. The van der Waals surface area contributed by atoms with E-state index in [0.717, 1.165) is 0 Å². The molecule has 4 aromatic rings. The number of rotatable bonds is 6. The van der Waals surface area contributed by atoms with Crippen molar-refractivity contribution < 1.29 is 9.90 Å². The third-order valence-electron chi connectivity index (χ3n) is 4.41. The van der Waals surface area contributed by atoms with E-state index in [1.165, 1.54) is 6.20 Å². The normalized spacial score (nSPS) is 11.0. The van der Waals surface area contributed by atoms with Gasteiger partial charge in [-0.2, -0.15) is 5.10 Å². The Hall–Kier alpha value is -2.87. The van der Waals surface area contributed by atoms with Gasteiger partial charge in [-0.25, -0.2) is 9.78 Å². The van der Waals surface area contributed by atoms with Gasteiger partial charge in [0.2, 0.25) is 0 Å². The van der Waals surface area contributed by atoms with Crippen LogP contribution in [0.2, 0.25) is 15.1 Å². The molecule has 0 aliphatic carbocycles. The van der Waals surface area contributed by atoms with Crippen LogP contribution in [0.4, 0.5) is 0 Å². The molecular formula is C20H14Cl3N5O2. The molecule has 30 heavy (non-hydrogen) atoms. The van der Waals surface area contributed by atoms with E-state index in [1.807, 2.05) is 0 Å². The first-order chi connectivity index (χ1) is 14.4. The van der Waals surface area contributed by atoms with Gasteiger partial charge in [0.25, 0.3) is 0 Å². The molecule has 7 nitrogen and oxygen atoms in total. The zero-order valence-corrected chi connectivity index (χ0v) is 17.6. The molecule has 0 atom stereocenters. The van der Waals surface area contributed by atoms with Crippen molar-refractivity contribution in [2.75, 3.05) is 0 Å². The van der Waals surface area contributed by atoms with Crippen LogP contribution in [0, 0.1) is 0 Å². The number of nitrogens with zero attached hydrogens (tertiary/aromatic N) is 5. The van der Waals surface area contributed by atoms with Crippen molar-refractivity contribution in [3.63, 3.8) is 0 Å². The first kappa shape index (κ1) is 20.4. The maximum Gasteiger partial charge on any atom is 0.354 e. The summed E-state index contributed by atoms with van der Waals surface area (Å²) in [5, 5.41) is 15.5. The van der Waals surface area contributed by atoms with Crippen LogP contribution in [-0.2, 0) is 13.1 Å². The van der Waals surface area contributed by atoms with E-state index in [1.54, 1.807) is 58.2 Å². The highest BCUT2D eigenvalue weighted by molar-refractivity contribution is 6.33. The Morgan fingerprint density at radius 3 is 2.60 bits per heavy atom. The lowest BCUT2D eigenvalue weighted by molar-refractivity contribution is 0.0684. The smallest absolute Gasteiger partial charge is 0.354 e. The summed E-state index contributed by atoms with van der Waals surface area (Å²) in [5.74, 6) is -0.718. The Morgan fingerprint density at radius 2 is 1.90 bits per heavy atom. The number of aromatic nitrogens is 5. The van der Waals surface area contributed by atoms with Crippen molar-refractivity contribution in [3.8, 4) is 11.4 Å². The Bertz CT molecular complexity index is 1220. The Balaban J connectivity index is 1.91. The zero-order valence-electron chi connectivity index (χ0n) is 15.3. The van der Waals surface area contributed by atoms with Crippen LogP contribution in [0.1, 0.15) is 21.7 Å². The van der Waals surface area contributed by atoms with Crippen LogP contribution in [0.3, 0.4) is 0 Å². The fraction of sp³-hybridized carbons (Fsp3) is 0.100. The number of hydrogen-bond acceptors (Lipinski definition) is 4. The number of pyridine rings is 1. The minimum atomic E-state index is -1.12. The second kappa shape index (κ2) is 8.47. The minimum absolute atomic E-state index is 0.0246. The summed E-state index contributed by atoms with van der Waals surface area (Å²) in [7, 11) is 0. The zero-order chi connectivity index (χ0) is 21.3. The minimum Gasteiger partial charge on any atom is -0.477 e. The molecule has 0 spiro atoms. The highest BCUT2D eigenvalue weighted by Gasteiger charge is 2.25. The molecule has 0 unspecified atom stereocenters. The molecule has 0 saturated heterocycles. The quantitative estimate of drug-likeness (QED) is 0.440. The van der Waals surface area contributed by atoms with Crippen molar-refractivity contribution >= 4 is 40.8 Å². The Kier molecular flexibility index (Phi) is 5.76. The number of halogens is 3. The highest BCUT2D eigenvalue weighted by atomic mass is 35.5. The van der Waals surface area contributed by atoms with E-state index >= 15 is 0 Å². The molecule has 0 radical (unpaired) electrons. The van der Waals surface area contributed by atoms with Crippen LogP contribution in [-0.4, -0.2) is 35.4 Å². The van der Waals surface area contributed by atoms with E-state index in [4.69, 9.17) is 34.8 Å². The van der Waals surface area contributed by atoms with Crippen molar-refractivity contribution in [1.82, 2.24) is 24.3 Å². The summed E-state index contributed by atoms with van der Waals surface area (Å²) < 4.78 is 3.18. The average Bonchev–Trinajstić information content (AvgIpc) is 3.33. The van der Waals surface area contributed by atoms with Gasteiger partial charge in [-0.05, 0) is 35.9 Å². The second-order valence-electron chi connectivity index (χ2n) is 6.45. The molecular weight excluding hydrogens is 449 g/mol. The van der Waals surface area contributed by atoms with Gasteiger partial charge in [-0.15, -0.1) is 0 Å². The lowest BCUT2D eigenvalue weighted by atomic mass is 10.2. The average molecular weight is 463 g/mol. The topological polar surface area (TPSA) is 85.8 Å². The number of aromatic carboxylic acids is 1. The molecule has 4 rings (SSSR count). The molecule has 3 aromatic heterocycles. The number of carboxylic acid groups (broad SMARTS) is 1. The second-order valence-corrected chi connectivity index (χ2v) is 7.73. The first-order valence-corrected chi connectivity index (χ1v) is 9.90. The molecule has 152 valence electrons. The number of carbonyl (C=O) groups is 1. The summed E-state index contributed by atoms with van der Waals surface area (Å²) in [6.45, 7) is 0.334. The van der Waals surface area contributed by atoms with Gasteiger partial charge in [0, 0.05) is 40.4 Å². The van der Waals surface area contributed by atoms with Gasteiger partial charge in [0.05, 0.1) is 23.8 Å². The van der Waals surface area contributed by atoms with E-state index in [9.17, 15) is 9.90 Å². The van der Waals surface area contributed by atoms with Crippen molar-refractivity contribution in [3.05, 3.63) is 87.1 Å². The predicted molar refractivity (Wildman–Crippen MR) is 114 cm³/mol. The van der Waals surface area contributed by atoms with Crippen LogP contribution in [0.5, 0.6) is 0 Å². The summed E-state index contributed by atoms with van der Waals surface area (Å²) >= 11 is 18.6. The molecule has 1 aromatic carbocycles. The van der Waals surface area contributed by atoms with E-state index < -0.39 is 5.97 Å². The van der Waals surface area contributed by atoms with Crippen molar-refractivity contribution in [2.24, 2.45) is 0 Å².